The summed E-state index contributed by atoms with van der Waals surface area (Å²) in [6, 6.07) is 6.14. The molecule has 0 saturated carbocycles. The molecule has 0 spiro atoms. The standard InChI is InChI=1S/C12H13BrClN3/c1-8-12(14)7-17(16-8)10-4-3-9(6-15-2)11(13)5-10/h3-5,7,15H,6H2,1-2H3. The third kappa shape index (κ3) is 2.70. The van der Waals surface area contributed by atoms with Gasteiger partial charge in [0.25, 0.3) is 0 Å². The highest BCUT2D eigenvalue weighted by Gasteiger charge is 2.06. The van der Waals surface area contributed by atoms with Crippen LogP contribution in [0.25, 0.3) is 5.69 Å². The summed E-state index contributed by atoms with van der Waals surface area (Å²) >= 11 is 9.55. The summed E-state index contributed by atoms with van der Waals surface area (Å²) in [5, 5.41) is 8.15. The summed E-state index contributed by atoms with van der Waals surface area (Å²) in [5.41, 5.74) is 3.04. The van der Waals surface area contributed by atoms with E-state index in [1.165, 1.54) is 5.56 Å². The summed E-state index contributed by atoms with van der Waals surface area (Å²) in [6.45, 7) is 2.73. The number of aryl methyl sites for hydroxylation is 1. The predicted octanol–water partition coefficient (Wildman–Crippen LogP) is 3.32. The lowest BCUT2D eigenvalue weighted by molar-refractivity contribution is 0.810. The largest absolute Gasteiger partial charge is 0.316 e. The summed E-state index contributed by atoms with van der Waals surface area (Å²) in [5.74, 6) is 0. The molecule has 1 N–H and O–H groups in total. The Morgan fingerprint density at radius 2 is 2.24 bits per heavy atom. The number of nitrogens with zero attached hydrogens (tertiary/aromatic N) is 2. The number of nitrogens with one attached hydrogen (secondary N) is 1. The second-order valence-electron chi connectivity index (χ2n) is 3.81. The van der Waals surface area contributed by atoms with Gasteiger partial charge in [0.05, 0.1) is 16.4 Å². The third-order valence-corrected chi connectivity index (χ3v) is 3.62. The molecule has 1 aromatic carbocycles. The molecule has 0 fully saturated rings. The summed E-state index contributed by atoms with van der Waals surface area (Å²) in [4.78, 5) is 0. The molecule has 1 heterocycles. The monoisotopic (exact) mass is 313 g/mol. The van der Waals surface area contributed by atoms with Crippen LogP contribution in [0, 0.1) is 6.92 Å². The number of aromatic nitrogens is 2. The van der Waals surface area contributed by atoms with Gasteiger partial charge in [-0.2, -0.15) is 5.10 Å². The third-order valence-electron chi connectivity index (χ3n) is 2.51. The molecule has 0 radical (unpaired) electrons. The van der Waals surface area contributed by atoms with Gasteiger partial charge in [-0.1, -0.05) is 33.6 Å². The number of hydrogen-bond donors (Lipinski definition) is 1. The zero-order chi connectivity index (χ0) is 12.4. The van der Waals surface area contributed by atoms with Crippen LogP contribution in [0.1, 0.15) is 11.3 Å². The molecule has 2 rings (SSSR count). The van der Waals surface area contributed by atoms with Crippen molar-refractivity contribution in [1.82, 2.24) is 15.1 Å². The molecule has 17 heavy (non-hydrogen) atoms. The molecule has 0 aliphatic heterocycles. The molecule has 3 nitrogen and oxygen atoms in total. The maximum atomic E-state index is 6.00. The van der Waals surface area contributed by atoms with Crippen molar-refractivity contribution < 1.29 is 0 Å². The lowest BCUT2D eigenvalue weighted by atomic mass is 10.2. The van der Waals surface area contributed by atoms with Gasteiger partial charge in [0.1, 0.15) is 0 Å². The summed E-state index contributed by atoms with van der Waals surface area (Å²) < 4.78 is 2.85. The molecule has 0 amide bonds. The van der Waals surface area contributed by atoms with Crippen LogP contribution in [0.5, 0.6) is 0 Å². The van der Waals surface area contributed by atoms with Crippen LogP contribution in [0.15, 0.2) is 28.9 Å². The molecule has 2 aromatic rings. The molecule has 0 unspecified atom stereocenters. The first-order chi connectivity index (χ1) is 8.11. The quantitative estimate of drug-likeness (QED) is 0.942. The van der Waals surface area contributed by atoms with Crippen molar-refractivity contribution >= 4 is 27.5 Å². The van der Waals surface area contributed by atoms with Gasteiger partial charge in [0.15, 0.2) is 0 Å². The van der Waals surface area contributed by atoms with E-state index in [-0.39, 0.29) is 0 Å². The van der Waals surface area contributed by atoms with Crippen LogP contribution in [0.4, 0.5) is 0 Å². The Hall–Kier alpha value is -0.840. The molecule has 0 saturated heterocycles. The molecule has 0 aliphatic carbocycles. The van der Waals surface area contributed by atoms with E-state index < -0.39 is 0 Å². The summed E-state index contributed by atoms with van der Waals surface area (Å²) in [7, 11) is 1.93. The van der Waals surface area contributed by atoms with E-state index in [0.29, 0.717) is 5.02 Å². The first-order valence-electron chi connectivity index (χ1n) is 5.27. The Morgan fingerprint density at radius 1 is 1.47 bits per heavy atom. The van der Waals surface area contributed by atoms with Crippen molar-refractivity contribution in [2.45, 2.75) is 13.5 Å². The van der Waals surface area contributed by atoms with Gasteiger partial charge in [-0.3, -0.25) is 0 Å². The Labute approximate surface area is 114 Å². The average molecular weight is 315 g/mol. The molecule has 1 aromatic heterocycles. The molecular formula is C12H13BrClN3. The highest BCUT2D eigenvalue weighted by atomic mass is 79.9. The smallest absolute Gasteiger partial charge is 0.0819 e. The first kappa shape index (κ1) is 12.6. The molecule has 90 valence electrons. The summed E-state index contributed by atoms with van der Waals surface area (Å²) in [6.07, 6.45) is 1.82. The topological polar surface area (TPSA) is 29.9 Å². The van der Waals surface area contributed by atoms with Gasteiger partial charge >= 0.3 is 0 Å². The van der Waals surface area contributed by atoms with Crippen LogP contribution in [-0.2, 0) is 6.54 Å². The number of rotatable bonds is 3. The minimum atomic E-state index is 0.681. The van der Waals surface area contributed by atoms with Crippen molar-refractivity contribution in [3.8, 4) is 5.69 Å². The zero-order valence-electron chi connectivity index (χ0n) is 9.67. The first-order valence-corrected chi connectivity index (χ1v) is 6.44. The Morgan fingerprint density at radius 3 is 2.76 bits per heavy atom. The van der Waals surface area contributed by atoms with E-state index in [1.807, 2.05) is 32.3 Å². The van der Waals surface area contributed by atoms with Crippen LogP contribution in [0.2, 0.25) is 5.02 Å². The predicted molar refractivity (Wildman–Crippen MR) is 73.8 cm³/mol. The minimum Gasteiger partial charge on any atom is -0.316 e. The Bertz CT molecular complexity index is 517. The Kier molecular flexibility index (Phi) is 3.86. The van der Waals surface area contributed by atoms with Crippen molar-refractivity contribution in [1.29, 1.82) is 0 Å². The van der Waals surface area contributed by atoms with Gasteiger partial charge in [0, 0.05) is 17.2 Å². The highest BCUT2D eigenvalue weighted by molar-refractivity contribution is 9.10. The number of halogens is 2. The second-order valence-corrected chi connectivity index (χ2v) is 5.07. The van der Waals surface area contributed by atoms with Crippen LogP contribution >= 0.6 is 27.5 Å². The van der Waals surface area contributed by atoms with Crippen LogP contribution in [-0.4, -0.2) is 16.8 Å². The van der Waals surface area contributed by atoms with Gasteiger partial charge in [-0.05, 0) is 31.7 Å². The van der Waals surface area contributed by atoms with E-state index in [4.69, 9.17) is 11.6 Å². The highest BCUT2D eigenvalue weighted by Crippen LogP contribution is 2.22. The van der Waals surface area contributed by atoms with E-state index in [9.17, 15) is 0 Å². The zero-order valence-corrected chi connectivity index (χ0v) is 12.0. The molecule has 0 aliphatic rings. The maximum Gasteiger partial charge on any atom is 0.0819 e. The van der Waals surface area contributed by atoms with Gasteiger partial charge in [-0.25, -0.2) is 4.68 Å². The number of benzene rings is 1. The van der Waals surface area contributed by atoms with Crippen molar-refractivity contribution in [3.63, 3.8) is 0 Å². The van der Waals surface area contributed by atoms with E-state index in [2.05, 4.69) is 32.4 Å². The van der Waals surface area contributed by atoms with Crippen molar-refractivity contribution in [2.75, 3.05) is 7.05 Å². The Balaban J connectivity index is 2.37. The van der Waals surface area contributed by atoms with Crippen molar-refractivity contribution in [3.05, 3.63) is 45.1 Å². The van der Waals surface area contributed by atoms with Gasteiger partial charge in [0.2, 0.25) is 0 Å². The molecule has 0 atom stereocenters. The lowest BCUT2D eigenvalue weighted by Crippen LogP contribution is -2.06. The van der Waals surface area contributed by atoms with Gasteiger partial charge < -0.3 is 5.32 Å². The SMILES string of the molecule is CNCc1ccc(-n2cc(Cl)c(C)n2)cc1Br. The van der Waals surface area contributed by atoms with Crippen LogP contribution in [0.3, 0.4) is 0 Å². The fourth-order valence-corrected chi connectivity index (χ4v) is 2.22. The van der Waals surface area contributed by atoms with Crippen LogP contribution < -0.4 is 5.32 Å². The molecular weight excluding hydrogens is 302 g/mol. The second kappa shape index (κ2) is 5.21. The van der Waals surface area contributed by atoms with E-state index in [1.54, 1.807) is 4.68 Å². The fraction of sp³-hybridized carbons (Fsp3) is 0.250. The van der Waals surface area contributed by atoms with E-state index >= 15 is 0 Å². The lowest BCUT2D eigenvalue weighted by Gasteiger charge is -2.07. The van der Waals surface area contributed by atoms with Crippen molar-refractivity contribution in [2.24, 2.45) is 0 Å². The minimum absolute atomic E-state index is 0.681. The fourth-order valence-electron chi connectivity index (χ4n) is 1.58. The average Bonchev–Trinajstić information content (AvgIpc) is 2.62. The molecule has 0 bridgehead atoms. The normalized spacial score (nSPS) is 10.8. The number of hydrogen-bond acceptors (Lipinski definition) is 2. The van der Waals surface area contributed by atoms with Gasteiger partial charge in [-0.15, -0.1) is 0 Å². The van der Waals surface area contributed by atoms with E-state index in [0.717, 1.165) is 22.4 Å². The maximum absolute atomic E-state index is 6.00. The molecule has 5 heteroatoms.